The quantitative estimate of drug-likeness (QED) is 0.619. The lowest BCUT2D eigenvalue weighted by Crippen LogP contribution is -2.28. The van der Waals surface area contributed by atoms with Gasteiger partial charge in [0, 0.05) is 18.8 Å². The fourth-order valence-corrected chi connectivity index (χ4v) is 0.949. The van der Waals surface area contributed by atoms with Crippen LogP contribution in [0.4, 0.5) is 0 Å². The molecule has 1 N–H and O–H groups in total. The molecule has 88 valence electrons. The average Bonchev–Trinajstić information content (AvgIpc) is 2.53. The van der Waals surface area contributed by atoms with E-state index in [2.05, 4.69) is 10.4 Å². The number of aromatic nitrogens is 4. The van der Waals surface area contributed by atoms with Crippen molar-refractivity contribution in [3.63, 3.8) is 0 Å². The molecule has 0 aliphatic heterocycles. The molecule has 8 nitrogen and oxygen atoms in total. The normalized spacial score (nSPS) is 11.4. The first kappa shape index (κ1) is 12.1. The van der Waals surface area contributed by atoms with E-state index in [0.717, 1.165) is 17.0 Å². The molecule has 0 spiro atoms. The Balaban J connectivity index is 2.77. The Bertz CT molecular complexity index is 445. The molecule has 0 aliphatic carbocycles. The molecule has 0 aromatic carbocycles. The maximum Gasteiger partial charge on any atom is 0.367 e. The van der Waals surface area contributed by atoms with Crippen molar-refractivity contribution in [2.75, 3.05) is 20.6 Å². The van der Waals surface area contributed by atoms with Crippen molar-refractivity contribution in [3.05, 3.63) is 16.6 Å². The maximum atomic E-state index is 11.5. The molecule has 1 aromatic rings. The van der Waals surface area contributed by atoms with Crippen LogP contribution < -0.4 is 5.69 Å². The fourth-order valence-electron chi connectivity index (χ4n) is 0.949. The van der Waals surface area contributed by atoms with E-state index in [1.807, 2.05) is 19.0 Å². The Morgan fingerprint density at radius 2 is 2.19 bits per heavy atom. The van der Waals surface area contributed by atoms with E-state index in [0.29, 0.717) is 13.1 Å². The molecule has 0 amide bonds. The third-order valence-electron chi connectivity index (χ3n) is 1.78. The van der Waals surface area contributed by atoms with Crippen LogP contribution in [0.1, 0.15) is 0 Å². The number of carboxylic acid groups (broad SMARTS) is 1. The summed E-state index contributed by atoms with van der Waals surface area (Å²) in [5.41, 5.74) is -0.459. The Kier molecular flexibility index (Phi) is 3.95. The summed E-state index contributed by atoms with van der Waals surface area (Å²) in [6.45, 7) is 1.06. The van der Waals surface area contributed by atoms with Crippen LogP contribution in [0.2, 0.25) is 0 Å². The zero-order valence-electron chi connectivity index (χ0n) is 9.07. The molecule has 0 aliphatic rings. The number of rotatable bonds is 5. The minimum atomic E-state index is -1.14. The zero-order chi connectivity index (χ0) is 12.1. The molecule has 0 saturated heterocycles. The number of carboxylic acids is 1. The summed E-state index contributed by atoms with van der Waals surface area (Å²) in [5, 5.41) is 15.5. The molecule has 0 bridgehead atoms. The van der Waals surface area contributed by atoms with Crippen molar-refractivity contribution in [2.24, 2.45) is 0 Å². The maximum absolute atomic E-state index is 11.5. The largest absolute Gasteiger partial charge is 0.478 e. The van der Waals surface area contributed by atoms with E-state index < -0.39 is 11.7 Å². The van der Waals surface area contributed by atoms with Gasteiger partial charge < -0.3 is 10.0 Å². The highest BCUT2D eigenvalue weighted by molar-refractivity contribution is 5.82. The Hall–Kier alpha value is -1.96. The lowest BCUT2D eigenvalue weighted by atomic mass is 10.6. The minimum Gasteiger partial charge on any atom is -0.478 e. The van der Waals surface area contributed by atoms with Crippen molar-refractivity contribution >= 4 is 12.2 Å². The molecule has 1 rings (SSSR count). The van der Waals surface area contributed by atoms with Gasteiger partial charge in [-0.2, -0.15) is 9.36 Å². The number of carbonyl (C=O) groups is 1. The summed E-state index contributed by atoms with van der Waals surface area (Å²) < 4.78 is 2.05. The molecule has 1 heterocycles. The average molecular weight is 227 g/mol. The third kappa shape index (κ3) is 3.31. The first-order chi connectivity index (χ1) is 7.50. The van der Waals surface area contributed by atoms with Gasteiger partial charge in [-0.3, -0.25) is 0 Å². The van der Waals surface area contributed by atoms with Crippen molar-refractivity contribution in [1.29, 1.82) is 0 Å². The summed E-state index contributed by atoms with van der Waals surface area (Å²) in [7, 11) is 3.75. The van der Waals surface area contributed by atoms with E-state index in [9.17, 15) is 9.59 Å². The van der Waals surface area contributed by atoms with Gasteiger partial charge in [0.05, 0.1) is 6.54 Å². The lowest BCUT2D eigenvalue weighted by Gasteiger charge is -2.06. The summed E-state index contributed by atoms with van der Waals surface area (Å²) in [4.78, 5) is 23.7. The van der Waals surface area contributed by atoms with E-state index >= 15 is 0 Å². The highest BCUT2D eigenvalue weighted by atomic mass is 16.4. The highest BCUT2D eigenvalue weighted by Crippen LogP contribution is 1.81. The van der Waals surface area contributed by atoms with Gasteiger partial charge >= 0.3 is 11.7 Å². The van der Waals surface area contributed by atoms with E-state index in [4.69, 9.17) is 5.11 Å². The molecule has 16 heavy (non-hydrogen) atoms. The van der Waals surface area contributed by atoms with Crippen molar-refractivity contribution in [2.45, 2.75) is 6.54 Å². The highest BCUT2D eigenvalue weighted by Gasteiger charge is 2.04. The molecule has 0 atom stereocenters. The number of aliphatic carboxylic acids is 1. The Labute approximate surface area is 91.4 Å². The predicted octanol–water partition coefficient (Wildman–Crippen LogP) is -1.44. The second-order valence-electron chi connectivity index (χ2n) is 3.39. The van der Waals surface area contributed by atoms with Crippen LogP contribution in [-0.2, 0) is 11.3 Å². The van der Waals surface area contributed by atoms with Crippen molar-refractivity contribution in [1.82, 2.24) is 24.7 Å². The summed E-state index contributed by atoms with van der Waals surface area (Å²) >= 11 is 0. The van der Waals surface area contributed by atoms with Gasteiger partial charge in [-0.1, -0.05) is 0 Å². The molecular weight excluding hydrogens is 214 g/mol. The number of hydrogen-bond donors (Lipinski definition) is 1. The van der Waals surface area contributed by atoms with Crippen LogP contribution in [0.25, 0.3) is 6.20 Å². The van der Waals surface area contributed by atoms with Gasteiger partial charge in [0.1, 0.15) is 0 Å². The fraction of sp³-hybridized carbons (Fsp3) is 0.500. The molecule has 0 saturated carbocycles. The summed E-state index contributed by atoms with van der Waals surface area (Å²) in [5.74, 6) is -1.14. The summed E-state index contributed by atoms with van der Waals surface area (Å²) in [6, 6.07) is 0. The zero-order valence-corrected chi connectivity index (χ0v) is 9.07. The first-order valence-electron chi connectivity index (χ1n) is 4.59. The second kappa shape index (κ2) is 5.21. The van der Waals surface area contributed by atoms with Gasteiger partial charge in [-0.05, 0) is 24.5 Å². The van der Waals surface area contributed by atoms with Crippen LogP contribution >= 0.6 is 0 Å². The van der Waals surface area contributed by atoms with E-state index in [1.54, 1.807) is 0 Å². The summed E-state index contributed by atoms with van der Waals surface area (Å²) in [6.07, 6.45) is 1.89. The van der Waals surface area contributed by atoms with Crippen LogP contribution in [-0.4, -0.2) is 56.4 Å². The predicted molar refractivity (Wildman–Crippen MR) is 55.8 cm³/mol. The van der Waals surface area contributed by atoms with E-state index in [-0.39, 0.29) is 0 Å². The minimum absolute atomic E-state index is 0.409. The molecule has 0 fully saturated rings. The van der Waals surface area contributed by atoms with Gasteiger partial charge in [0.2, 0.25) is 0 Å². The molecule has 0 radical (unpaired) electrons. The number of nitrogens with zero attached hydrogens (tertiary/aromatic N) is 5. The first-order valence-corrected chi connectivity index (χ1v) is 4.59. The third-order valence-corrected chi connectivity index (χ3v) is 1.78. The topological polar surface area (TPSA) is 93.2 Å². The van der Waals surface area contributed by atoms with E-state index in [1.165, 1.54) is 4.68 Å². The van der Waals surface area contributed by atoms with Gasteiger partial charge in [0.25, 0.3) is 0 Å². The standard InChI is InChI=1S/C8H13N5O3/c1-11(2)5-6-13-8(16)12(9-10-13)4-3-7(14)15/h3-4H,5-6H2,1-2H3,(H,14,15). The molecular formula is C8H13N5O3. The Morgan fingerprint density at radius 3 is 2.75 bits per heavy atom. The van der Waals surface area contributed by atoms with Crippen LogP contribution in [0.5, 0.6) is 0 Å². The van der Waals surface area contributed by atoms with Crippen molar-refractivity contribution in [3.8, 4) is 0 Å². The number of tetrazole rings is 1. The Morgan fingerprint density at radius 1 is 1.50 bits per heavy atom. The second-order valence-corrected chi connectivity index (χ2v) is 3.39. The smallest absolute Gasteiger partial charge is 0.367 e. The SMILES string of the molecule is CN(C)CCn1nnn(C=CC(=O)O)c1=O. The molecule has 0 unspecified atom stereocenters. The molecule has 1 aromatic heterocycles. The van der Waals surface area contributed by atoms with Gasteiger partial charge in [-0.15, -0.1) is 0 Å². The lowest BCUT2D eigenvalue weighted by molar-refractivity contribution is -0.131. The van der Waals surface area contributed by atoms with Crippen LogP contribution in [0, 0.1) is 0 Å². The number of hydrogen-bond acceptors (Lipinski definition) is 5. The van der Waals surface area contributed by atoms with Gasteiger partial charge in [-0.25, -0.2) is 9.59 Å². The van der Waals surface area contributed by atoms with Crippen LogP contribution in [0.3, 0.4) is 0 Å². The van der Waals surface area contributed by atoms with Crippen molar-refractivity contribution < 1.29 is 9.90 Å². The number of likely N-dealkylation sites (N-methyl/N-ethyl adjacent to an activating group) is 1. The monoisotopic (exact) mass is 227 g/mol. The van der Waals surface area contributed by atoms with Crippen LogP contribution in [0.15, 0.2) is 10.9 Å². The van der Waals surface area contributed by atoms with Gasteiger partial charge in [0.15, 0.2) is 0 Å². The molecule has 8 heteroatoms.